The smallest absolute Gasteiger partial charge is 0.323 e. The SMILES string of the molecule is COc1ccc(-n2cc(COC(=O)[C@@H]3CCCN3)nn2)cc1. The lowest BCUT2D eigenvalue weighted by Gasteiger charge is -2.08. The molecule has 1 N–H and O–H groups in total. The van der Waals surface area contributed by atoms with Gasteiger partial charge >= 0.3 is 5.97 Å². The molecule has 1 aromatic carbocycles. The van der Waals surface area contributed by atoms with Crippen LogP contribution in [-0.4, -0.2) is 40.7 Å². The molecular weight excluding hydrogens is 284 g/mol. The number of carbonyl (C=O) groups excluding carboxylic acids is 1. The normalized spacial score (nSPS) is 17.4. The lowest BCUT2D eigenvalue weighted by atomic mass is 10.2. The number of rotatable bonds is 5. The van der Waals surface area contributed by atoms with Crippen LogP contribution in [0.15, 0.2) is 30.5 Å². The molecule has 0 bridgehead atoms. The second-order valence-corrected chi connectivity index (χ2v) is 5.11. The Bertz CT molecular complexity index is 632. The standard InChI is InChI=1S/C15H18N4O3/c1-21-13-6-4-12(5-7-13)19-9-11(17-18-19)10-22-15(20)14-3-2-8-16-14/h4-7,9,14,16H,2-3,8,10H2,1H3/t14-/m0/s1. The van der Waals surface area contributed by atoms with Crippen molar-refractivity contribution >= 4 is 5.97 Å². The monoisotopic (exact) mass is 302 g/mol. The molecule has 2 heterocycles. The Morgan fingerprint density at radius 1 is 1.41 bits per heavy atom. The number of methoxy groups -OCH3 is 1. The van der Waals surface area contributed by atoms with Gasteiger partial charge in [-0.15, -0.1) is 5.10 Å². The summed E-state index contributed by atoms with van der Waals surface area (Å²) in [5.41, 5.74) is 1.48. The number of carbonyl (C=O) groups is 1. The van der Waals surface area contributed by atoms with E-state index in [9.17, 15) is 4.79 Å². The van der Waals surface area contributed by atoms with E-state index in [1.807, 2.05) is 24.3 Å². The van der Waals surface area contributed by atoms with Gasteiger partial charge in [0.2, 0.25) is 0 Å². The van der Waals surface area contributed by atoms with Crippen molar-refractivity contribution in [2.45, 2.75) is 25.5 Å². The summed E-state index contributed by atoms with van der Waals surface area (Å²) in [5, 5.41) is 11.2. The zero-order valence-corrected chi connectivity index (χ0v) is 12.4. The topological polar surface area (TPSA) is 78.3 Å². The molecule has 116 valence electrons. The van der Waals surface area contributed by atoms with Crippen molar-refractivity contribution in [3.8, 4) is 11.4 Å². The fourth-order valence-electron chi connectivity index (χ4n) is 2.36. The minimum atomic E-state index is -0.225. The van der Waals surface area contributed by atoms with Crippen molar-refractivity contribution in [3.05, 3.63) is 36.2 Å². The number of ether oxygens (including phenoxy) is 2. The second kappa shape index (κ2) is 6.57. The van der Waals surface area contributed by atoms with Crippen LogP contribution in [0.3, 0.4) is 0 Å². The van der Waals surface area contributed by atoms with E-state index in [-0.39, 0.29) is 18.6 Å². The van der Waals surface area contributed by atoms with Gasteiger partial charge in [0.05, 0.1) is 19.0 Å². The van der Waals surface area contributed by atoms with Crippen LogP contribution < -0.4 is 10.1 Å². The third kappa shape index (κ3) is 3.25. The molecule has 7 nitrogen and oxygen atoms in total. The van der Waals surface area contributed by atoms with Crippen molar-refractivity contribution in [2.75, 3.05) is 13.7 Å². The average molecular weight is 302 g/mol. The van der Waals surface area contributed by atoms with E-state index in [0.29, 0.717) is 5.69 Å². The highest BCUT2D eigenvalue weighted by atomic mass is 16.5. The van der Waals surface area contributed by atoms with Gasteiger partial charge in [0.15, 0.2) is 0 Å². The number of nitrogens with zero attached hydrogens (tertiary/aromatic N) is 3. The summed E-state index contributed by atoms with van der Waals surface area (Å²) in [6, 6.07) is 7.28. The van der Waals surface area contributed by atoms with Crippen molar-refractivity contribution in [1.82, 2.24) is 20.3 Å². The quantitative estimate of drug-likeness (QED) is 0.833. The number of esters is 1. The number of benzene rings is 1. The van der Waals surface area contributed by atoms with Crippen molar-refractivity contribution in [1.29, 1.82) is 0 Å². The van der Waals surface area contributed by atoms with Gasteiger partial charge in [0, 0.05) is 0 Å². The Balaban J connectivity index is 1.59. The van der Waals surface area contributed by atoms with Gasteiger partial charge in [0.25, 0.3) is 0 Å². The van der Waals surface area contributed by atoms with Crippen LogP contribution in [0.2, 0.25) is 0 Å². The Hall–Kier alpha value is -2.41. The van der Waals surface area contributed by atoms with Crippen molar-refractivity contribution in [3.63, 3.8) is 0 Å². The Labute approximate surface area is 128 Å². The molecule has 0 aliphatic carbocycles. The first kappa shape index (κ1) is 14.5. The number of hydrogen-bond acceptors (Lipinski definition) is 6. The van der Waals surface area contributed by atoms with Gasteiger partial charge in [-0.05, 0) is 43.7 Å². The predicted molar refractivity (Wildman–Crippen MR) is 78.7 cm³/mol. The van der Waals surface area contributed by atoms with E-state index in [1.54, 1.807) is 18.0 Å². The zero-order valence-electron chi connectivity index (χ0n) is 12.4. The van der Waals surface area contributed by atoms with Gasteiger partial charge in [-0.1, -0.05) is 5.21 Å². The summed E-state index contributed by atoms with van der Waals surface area (Å²) in [5.74, 6) is 0.554. The molecule has 2 aromatic rings. The molecule has 0 saturated carbocycles. The van der Waals surface area contributed by atoms with Gasteiger partial charge in [0.1, 0.15) is 24.1 Å². The van der Waals surface area contributed by atoms with Gasteiger partial charge in [-0.3, -0.25) is 4.79 Å². The summed E-state index contributed by atoms with van der Waals surface area (Å²) in [6.07, 6.45) is 3.59. The lowest BCUT2D eigenvalue weighted by Crippen LogP contribution is -2.32. The molecule has 22 heavy (non-hydrogen) atoms. The molecule has 7 heteroatoms. The Kier molecular flexibility index (Phi) is 4.34. The third-order valence-corrected chi connectivity index (χ3v) is 3.58. The summed E-state index contributed by atoms with van der Waals surface area (Å²) in [4.78, 5) is 11.8. The third-order valence-electron chi connectivity index (χ3n) is 3.58. The molecule has 0 radical (unpaired) electrons. The Morgan fingerprint density at radius 3 is 2.91 bits per heavy atom. The first-order chi connectivity index (χ1) is 10.8. The highest BCUT2D eigenvalue weighted by molar-refractivity contribution is 5.76. The fourth-order valence-corrected chi connectivity index (χ4v) is 2.36. The summed E-state index contributed by atoms with van der Waals surface area (Å²) in [7, 11) is 1.62. The van der Waals surface area contributed by atoms with Crippen LogP contribution in [0.25, 0.3) is 5.69 Å². The number of nitrogens with one attached hydrogen (secondary N) is 1. The number of aromatic nitrogens is 3. The largest absolute Gasteiger partial charge is 0.497 e. The summed E-state index contributed by atoms with van der Waals surface area (Å²) in [6.45, 7) is 1.00. The van der Waals surface area contributed by atoms with Crippen molar-refractivity contribution in [2.24, 2.45) is 0 Å². The van der Waals surface area contributed by atoms with E-state index in [4.69, 9.17) is 9.47 Å². The van der Waals surface area contributed by atoms with Crippen LogP contribution in [0, 0.1) is 0 Å². The molecule has 0 unspecified atom stereocenters. The maximum absolute atomic E-state index is 11.8. The average Bonchev–Trinajstić information content (AvgIpc) is 3.24. The highest BCUT2D eigenvalue weighted by Gasteiger charge is 2.23. The molecule has 1 atom stereocenters. The van der Waals surface area contributed by atoms with E-state index in [1.165, 1.54) is 0 Å². The van der Waals surface area contributed by atoms with Crippen LogP contribution in [-0.2, 0) is 16.1 Å². The minimum absolute atomic E-state index is 0.132. The molecule has 1 aliphatic rings. The first-order valence-electron chi connectivity index (χ1n) is 7.22. The van der Waals surface area contributed by atoms with Crippen LogP contribution in [0.1, 0.15) is 18.5 Å². The molecule has 0 spiro atoms. The Morgan fingerprint density at radius 2 is 2.23 bits per heavy atom. The van der Waals surface area contributed by atoms with Crippen LogP contribution >= 0.6 is 0 Å². The summed E-state index contributed by atoms with van der Waals surface area (Å²) >= 11 is 0. The molecule has 3 rings (SSSR count). The molecule has 0 amide bonds. The maximum atomic E-state index is 11.8. The molecule has 1 aromatic heterocycles. The van der Waals surface area contributed by atoms with Gasteiger partial charge in [-0.2, -0.15) is 0 Å². The second-order valence-electron chi connectivity index (χ2n) is 5.11. The van der Waals surface area contributed by atoms with Gasteiger partial charge < -0.3 is 14.8 Å². The van der Waals surface area contributed by atoms with E-state index >= 15 is 0 Å². The summed E-state index contributed by atoms with van der Waals surface area (Å²) < 4.78 is 12.0. The van der Waals surface area contributed by atoms with E-state index in [2.05, 4.69) is 15.6 Å². The number of hydrogen-bond donors (Lipinski definition) is 1. The van der Waals surface area contributed by atoms with E-state index in [0.717, 1.165) is 30.8 Å². The minimum Gasteiger partial charge on any atom is -0.497 e. The molecule has 1 aliphatic heterocycles. The fraction of sp³-hybridized carbons (Fsp3) is 0.400. The van der Waals surface area contributed by atoms with E-state index < -0.39 is 0 Å². The van der Waals surface area contributed by atoms with Gasteiger partial charge in [-0.25, -0.2) is 4.68 Å². The predicted octanol–water partition coefficient (Wildman–Crippen LogP) is 1.07. The molecule has 1 fully saturated rings. The zero-order chi connectivity index (χ0) is 15.4. The molecular formula is C15H18N4O3. The van der Waals surface area contributed by atoms with Crippen LogP contribution in [0.4, 0.5) is 0 Å². The highest BCUT2D eigenvalue weighted by Crippen LogP contribution is 2.14. The van der Waals surface area contributed by atoms with Crippen LogP contribution in [0.5, 0.6) is 5.75 Å². The van der Waals surface area contributed by atoms with Crippen molar-refractivity contribution < 1.29 is 14.3 Å². The maximum Gasteiger partial charge on any atom is 0.323 e. The molecule has 1 saturated heterocycles. The first-order valence-corrected chi connectivity index (χ1v) is 7.22. The lowest BCUT2D eigenvalue weighted by molar-refractivity contribution is -0.147.